The molecule has 0 spiro atoms. The van der Waals surface area contributed by atoms with Crippen molar-refractivity contribution in [3.8, 4) is 5.75 Å². The molecule has 1 aliphatic rings. The maximum Gasteiger partial charge on any atom is 0.122 e. The first kappa shape index (κ1) is 9.53. The Kier molecular flexibility index (Phi) is 2.73. The van der Waals surface area contributed by atoms with E-state index in [9.17, 15) is 0 Å². The van der Waals surface area contributed by atoms with Crippen LogP contribution < -0.4 is 4.74 Å². The molecule has 1 aliphatic carbocycles. The molecule has 0 amide bonds. The van der Waals surface area contributed by atoms with Crippen molar-refractivity contribution in [2.24, 2.45) is 5.92 Å². The third-order valence-electron chi connectivity index (χ3n) is 3.19. The number of rotatable bonds is 3. The molecule has 2 unspecified atom stereocenters. The molecule has 0 radical (unpaired) electrons. The highest BCUT2D eigenvalue weighted by Gasteiger charge is 2.32. The Hall–Kier alpha value is -1.02. The minimum absolute atomic E-state index is 0.294. The molecule has 1 fully saturated rings. The third kappa shape index (κ3) is 1.50. The number of hydrogen-bond donors (Lipinski definition) is 1. The highest BCUT2D eigenvalue weighted by Crippen LogP contribution is 2.45. The first-order valence-electron chi connectivity index (χ1n) is 5.10. The van der Waals surface area contributed by atoms with Crippen LogP contribution in [0.3, 0.4) is 0 Å². The Bertz CT molecular complexity index is 307. The maximum atomic E-state index is 9.14. The SMILES string of the molecule is COc1ccccc1C1CCC1CO. The largest absolute Gasteiger partial charge is 0.496 e. The van der Waals surface area contributed by atoms with Crippen molar-refractivity contribution in [2.75, 3.05) is 13.7 Å². The molecular weight excluding hydrogens is 176 g/mol. The van der Waals surface area contributed by atoms with Crippen LogP contribution in [0.1, 0.15) is 24.3 Å². The highest BCUT2D eigenvalue weighted by molar-refractivity contribution is 5.37. The standard InChI is InChI=1S/C12H16O2/c1-14-12-5-3-2-4-11(12)10-7-6-9(10)8-13/h2-5,9-10,13H,6-8H2,1H3. The monoisotopic (exact) mass is 192 g/mol. The molecule has 0 saturated heterocycles. The van der Waals surface area contributed by atoms with E-state index in [0.29, 0.717) is 18.4 Å². The van der Waals surface area contributed by atoms with Crippen molar-refractivity contribution in [1.82, 2.24) is 0 Å². The maximum absolute atomic E-state index is 9.14. The van der Waals surface area contributed by atoms with Crippen LogP contribution in [-0.2, 0) is 0 Å². The van der Waals surface area contributed by atoms with Crippen LogP contribution in [-0.4, -0.2) is 18.8 Å². The van der Waals surface area contributed by atoms with Gasteiger partial charge in [-0.05, 0) is 36.3 Å². The number of benzene rings is 1. The fraction of sp³-hybridized carbons (Fsp3) is 0.500. The normalized spacial score (nSPS) is 25.6. The summed E-state index contributed by atoms with van der Waals surface area (Å²) in [6.45, 7) is 0.294. The first-order valence-corrected chi connectivity index (χ1v) is 5.10. The van der Waals surface area contributed by atoms with E-state index in [1.165, 1.54) is 12.0 Å². The molecular formula is C12H16O2. The van der Waals surface area contributed by atoms with Gasteiger partial charge in [-0.25, -0.2) is 0 Å². The smallest absolute Gasteiger partial charge is 0.122 e. The summed E-state index contributed by atoms with van der Waals surface area (Å²) in [5.74, 6) is 1.89. The van der Waals surface area contributed by atoms with Crippen molar-refractivity contribution < 1.29 is 9.84 Å². The molecule has 0 heterocycles. The van der Waals surface area contributed by atoms with E-state index in [1.807, 2.05) is 18.2 Å². The lowest BCUT2D eigenvalue weighted by Crippen LogP contribution is -2.27. The molecule has 1 aromatic carbocycles. The summed E-state index contributed by atoms with van der Waals surface area (Å²) in [4.78, 5) is 0. The van der Waals surface area contributed by atoms with Gasteiger partial charge in [0.1, 0.15) is 5.75 Å². The van der Waals surface area contributed by atoms with Crippen LogP contribution in [0, 0.1) is 5.92 Å². The second kappa shape index (κ2) is 4.01. The lowest BCUT2D eigenvalue weighted by molar-refractivity contribution is 0.133. The lowest BCUT2D eigenvalue weighted by atomic mass is 9.70. The van der Waals surface area contributed by atoms with Crippen LogP contribution in [0.15, 0.2) is 24.3 Å². The number of hydrogen-bond acceptors (Lipinski definition) is 2. The molecule has 1 N–H and O–H groups in total. The average Bonchev–Trinajstić information content (AvgIpc) is 2.18. The van der Waals surface area contributed by atoms with E-state index in [1.54, 1.807) is 7.11 Å². The Morgan fingerprint density at radius 3 is 2.71 bits per heavy atom. The summed E-state index contributed by atoms with van der Waals surface area (Å²) in [7, 11) is 1.70. The summed E-state index contributed by atoms with van der Waals surface area (Å²) in [5, 5.41) is 9.14. The van der Waals surface area contributed by atoms with Crippen LogP contribution in [0.2, 0.25) is 0 Å². The first-order chi connectivity index (χ1) is 6.86. The van der Waals surface area contributed by atoms with Gasteiger partial charge in [-0.15, -0.1) is 0 Å². The van der Waals surface area contributed by atoms with Crippen molar-refractivity contribution in [3.63, 3.8) is 0 Å². The molecule has 2 atom stereocenters. The minimum Gasteiger partial charge on any atom is -0.496 e. The predicted molar refractivity (Wildman–Crippen MR) is 55.5 cm³/mol. The Morgan fingerprint density at radius 1 is 1.36 bits per heavy atom. The van der Waals surface area contributed by atoms with Gasteiger partial charge in [-0.2, -0.15) is 0 Å². The molecule has 2 rings (SSSR count). The number of ether oxygens (including phenoxy) is 1. The summed E-state index contributed by atoms with van der Waals surface area (Å²) in [5.41, 5.74) is 1.25. The topological polar surface area (TPSA) is 29.5 Å². The van der Waals surface area contributed by atoms with Gasteiger partial charge in [0.15, 0.2) is 0 Å². The summed E-state index contributed by atoms with van der Waals surface area (Å²) in [6, 6.07) is 8.10. The van der Waals surface area contributed by atoms with Crippen molar-refractivity contribution in [2.45, 2.75) is 18.8 Å². The van der Waals surface area contributed by atoms with Gasteiger partial charge in [0.05, 0.1) is 7.11 Å². The van der Waals surface area contributed by atoms with Crippen molar-refractivity contribution >= 4 is 0 Å². The number of aliphatic hydroxyl groups excluding tert-OH is 1. The fourth-order valence-corrected chi connectivity index (χ4v) is 2.17. The van der Waals surface area contributed by atoms with Gasteiger partial charge < -0.3 is 9.84 Å². The Labute approximate surface area is 84.5 Å². The molecule has 76 valence electrons. The minimum atomic E-state index is 0.294. The molecule has 0 aromatic heterocycles. The van der Waals surface area contributed by atoms with Gasteiger partial charge in [0, 0.05) is 6.61 Å². The van der Waals surface area contributed by atoms with E-state index in [0.717, 1.165) is 12.2 Å². The molecule has 14 heavy (non-hydrogen) atoms. The quantitative estimate of drug-likeness (QED) is 0.795. The van der Waals surface area contributed by atoms with E-state index in [-0.39, 0.29) is 0 Å². The third-order valence-corrected chi connectivity index (χ3v) is 3.19. The van der Waals surface area contributed by atoms with Gasteiger partial charge >= 0.3 is 0 Å². The number of para-hydroxylation sites is 1. The van der Waals surface area contributed by atoms with Crippen LogP contribution in [0.25, 0.3) is 0 Å². The second-order valence-corrected chi connectivity index (χ2v) is 3.87. The van der Waals surface area contributed by atoms with Gasteiger partial charge in [0.2, 0.25) is 0 Å². The highest BCUT2D eigenvalue weighted by atomic mass is 16.5. The summed E-state index contributed by atoms with van der Waals surface area (Å²) < 4.78 is 5.31. The molecule has 1 saturated carbocycles. The van der Waals surface area contributed by atoms with Crippen LogP contribution in [0.5, 0.6) is 5.75 Å². The Balaban J connectivity index is 2.22. The molecule has 0 bridgehead atoms. The molecule has 2 nitrogen and oxygen atoms in total. The molecule has 2 heteroatoms. The summed E-state index contributed by atoms with van der Waals surface area (Å²) >= 11 is 0. The zero-order chi connectivity index (χ0) is 9.97. The number of methoxy groups -OCH3 is 1. The Morgan fingerprint density at radius 2 is 2.14 bits per heavy atom. The van der Waals surface area contributed by atoms with Gasteiger partial charge in [-0.1, -0.05) is 18.2 Å². The van der Waals surface area contributed by atoms with E-state index >= 15 is 0 Å². The van der Waals surface area contributed by atoms with E-state index < -0.39 is 0 Å². The molecule has 0 aliphatic heterocycles. The van der Waals surface area contributed by atoms with E-state index in [2.05, 4.69) is 6.07 Å². The fourth-order valence-electron chi connectivity index (χ4n) is 2.17. The number of aliphatic hydroxyl groups is 1. The second-order valence-electron chi connectivity index (χ2n) is 3.87. The zero-order valence-electron chi connectivity index (χ0n) is 8.44. The van der Waals surface area contributed by atoms with Gasteiger partial charge in [0.25, 0.3) is 0 Å². The average molecular weight is 192 g/mol. The van der Waals surface area contributed by atoms with Crippen molar-refractivity contribution in [3.05, 3.63) is 29.8 Å². The zero-order valence-corrected chi connectivity index (χ0v) is 8.44. The van der Waals surface area contributed by atoms with Crippen molar-refractivity contribution in [1.29, 1.82) is 0 Å². The predicted octanol–water partition coefficient (Wildman–Crippen LogP) is 2.18. The van der Waals surface area contributed by atoms with E-state index in [4.69, 9.17) is 9.84 Å². The van der Waals surface area contributed by atoms with Crippen LogP contribution in [0.4, 0.5) is 0 Å². The van der Waals surface area contributed by atoms with Gasteiger partial charge in [-0.3, -0.25) is 0 Å². The van der Waals surface area contributed by atoms with Crippen LogP contribution >= 0.6 is 0 Å². The molecule has 1 aromatic rings. The summed E-state index contributed by atoms with van der Waals surface area (Å²) in [6.07, 6.45) is 2.31. The lowest BCUT2D eigenvalue weighted by Gasteiger charge is -2.36.